The van der Waals surface area contributed by atoms with Gasteiger partial charge in [-0.15, -0.1) is 0 Å². The first-order valence-electron chi connectivity index (χ1n) is 7.39. The molecule has 0 fully saturated rings. The van der Waals surface area contributed by atoms with E-state index in [1.807, 2.05) is 31.2 Å². The van der Waals surface area contributed by atoms with E-state index >= 15 is 0 Å². The Hall–Kier alpha value is -2.86. The summed E-state index contributed by atoms with van der Waals surface area (Å²) in [6.45, 7) is 2.53. The van der Waals surface area contributed by atoms with Crippen molar-refractivity contribution in [3.8, 4) is 11.5 Å². The fraction of sp³-hybridized carbons (Fsp3) is 0.111. The number of phenols is 1. The number of aromatic hydroxyl groups is 1. The normalized spacial score (nSPS) is 10.4. The first kappa shape index (κ1) is 17.5. The minimum atomic E-state index is -0.364. The van der Waals surface area contributed by atoms with Gasteiger partial charge in [0, 0.05) is 6.08 Å². The zero-order chi connectivity index (χ0) is 17.4. The molecule has 0 saturated carbocycles. The van der Waals surface area contributed by atoms with E-state index in [2.05, 4.69) is 10.6 Å². The Kier molecular flexibility index (Phi) is 6.33. The molecule has 2 aromatic rings. The van der Waals surface area contributed by atoms with E-state index < -0.39 is 0 Å². The average molecular weight is 342 g/mol. The fourth-order valence-electron chi connectivity index (χ4n) is 1.90. The van der Waals surface area contributed by atoms with Crippen LogP contribution >= 0.6 is 12.2 Å². The Balaban J connectivity index is 1.88. The molecule has 0 spiro atoms. The summed E-state index contributed by atoms with van der Waals surface area (Å²) in [6.07, 6.45) is 3.06. The van der Waals surface area contributed by atoms with Gasteiger partial charge in [-0.2, -0.15) is 0 Å². The molecular weight excluding hydrogens is 324 g/mol. The highest BCUT2D eigenvalue weighted by Crippen LogP contribution is 2.21. The van der Waals surface area contributed by atoms with Crippen LogP contribution in [0.3, 0.4) is 0 Å². The minimum Gasteiger partial charge on any atom is -0.506 e. The maximum atomic E-state index is 11.9. The largest absolute Gasteiger partial charge is 0.506 e. The van der Waals surface area contributed by atoms with Gasteiger partial charge in [-0.05, 0) is 55.0 Å². The van der Waals surface area contributed by atoms with Gasteiger partial charge in [-0.25, -0.2) is 0 Å². The summed E-state index contributed by atoms with van der Waals surface area (Å²) in [4.78, 5) is 11.9. The Labute approximate surface area is 146 Å². The smallest absolute Gasteiger partial charge is 0.250 e. The van der Waals surface area contributed by atoms with Crippen molar-refractivity contribution in [3.63, 3.8) is 0 Å². The minimum absolute atomic E-state index is 0.0547. The Morgan fingerprint density at radius 3 is 2.58 bits per heavy atom. The Morgan fingerprint density at radius 1 is 1.21 bits per heavy atom. The van der Waals surface area contributed by atoms with Gasteiger partial charge in [0.15, 0.2) is 5.11 Å². The van der Waals surface area contributed by atoms with Crippen molar-refractivity contribution in [2.45, 2.75) is 6.92 Å². The van der Waals surface area contributed by atoms with Gasteiger partial charge in [-0.3, -0.25) is 10.1 Å². The predicted molar refractivity (Wildman–Crippen MR) is 99.1 cm³/mol. The summed E-state index contributed by atoms with van der Waals surface area (Å²) in [7, 11) is 0. The molecule has 3 N–H and O–H groups in total. The number of benzene rings is 2. The lowest BCUT2D eigenvalue weighted by atomic mass is 10.2. The molecule has 24 heavy (non-hydrogen) atoms. The van der Waals surface area contributed by atoms with Crippen molar-refractivity contribution >= 4 is 35.0 Å². The van der Waals surface area contributed by atoms with Crippen molar-refractivity contribution in [2.75, 3.05) is 11.9 Å². The van der Waals surface area contributed by atoms with Crippen molar-refractivity contribution < 1.29 is 14.6 Å². The lowest BCUT2D eigenvalue weighted by molar-refractivity contribution is -0.115. The van der Waals surface area contributed by atoms with Crippen LogP contribution in [0.2, 0.25) is 0 Å². The van der Waals surface area contributed by atoms with Crippen LogP contribution in [-0.2, 0) is 4.79 Å². The van der Waals surface area contributed by atoms with Crippen LogP contribution in [0.15, 0.2) is 54.6 Å². The second-order valence-corrected chi connectivity index (χ2v) is 5.20. The SMILES string of the molecule is CCOc1ccc(/C=C/C(=O)NC(=S)Nc2ccccc2O)cc1. The quantitative estimate of drug-likeness (QED) is 0.442. The maximum Gasteiger partial charge on any atom is 0.250 e. The zero-order valence-electron chi connectivity index (χ0n) is 13.2. The van der Waals surface area contributed by atoms with Gasteiger partial charge in [0.1, 0.15) is 11.5 Å². The highest BCUT2D eigenvalue weighted by atomic mass is 32.1. The summed E-state index contributed by atoms with van der Waals surface area (Å²) in [6, 6.07) is 14.0. The van der Waals surface area contributed by atoms with E-state index in [-0.39, 0.29) is 16.8 Å². The van der Waals surface area contributed by atoms with Gasteiger partial charge in [0.25, 0.3) is 0 Å². The molecule has 0 atom stereocenters. The Bertz CT molecular complexity index is 742. The number of nitrogens with one attached hydrogen (secondary N) is 2. The van der Waals surface area contributed by atoms with Crippen molar-refractivity contribution in [3.05, 3.63) is 60.2 Å². The predicted octanol–water partition coefficient (Wildman–Crippen LogP) is 3.32. The molecule has 0 heterocycles. The molecule has 0 aliphatic carbocycles. The number of ether oxygens (including phenoxy) is 1. The zero-order valence-corrected chi connectivity index (χ0v) is 14.0. The highest BCUT2D eigenvalue weighted by Gasteiger charge is 2.04. The van der Waals surface area contributed by atoms with Crippen molar-refractivity contribution in [1.82, 2.24) is 5.32 Å². The standard InChI is InChI=1S/C18H18N2O3S/c1-2-23-14-10-7-13(8-11-14)9-12-17(22)20-18(24)19-15-5-3-4-6-16(15)21/h3-12,21H,2H2,1H3,(H2,19,20,22,24)/b12-9+. The monoisotopic (exact) mass is 342 g/mol. The third-order valence-corrected chi connectivity index (χ3v) is 3.21. The van der Waals surface area contributed by atoms with Crippen LogP contribution in [0.4, 0.5) is 5.69 Å². The van der Waals surface area contributed by atoms with Crippen LogP contribution in [0.25, 0.3) is 6.08 Å². The number of phenolic OH excluding ortho intramolecular Hbond substituents is 1. The average Bonchev–Trinajstić information content (AvgIpc) is 2.56. The highest BCUT2D eigenvalue weighted by molar-refractivity contribution is 7.80. The summed E-state index contributed by atoms with van der Waals surface area (Å²) >= 11 is 5.04. The molecule has 0 aromatic heterocycles. The number of hydrogen-bond acceptors (Lipinski definition) is 4. The van der Waals surface area contributed by atoms with Gasteiger partial charge in [-0.1, -0.05) is 24.3 Å². The number of amides is 1. The topological polar surface area (TPSA) is 70.6 Å². The molecule has 2 rings (SSSR count). The summed E-state index contributed by atoms with van der Waals surface area (Å²) in [5.41, 5.74) is 1.30. The van der Waals surface area contributed by atoms with Gasteiger partial charge < -0.3 is 15.2 Å². The van der Waals surface area contributed by atoms with E-state index in [0.717, 1.165) is 11.3 Å². The van der Waals surface area contributed by atoms with E-state index in [0.29, 0.717) is 12.3 Å². The molecule has 0 aliphatic rings. The summed E-state index contributed by atoms with van der Waals surface area (Å²) in [5, 5.41) is 15.0. The number of rotatable bonds is 5. The van der Waals surface area contributed by atoms with Gasteiger partial charge in [0.05, 0.1) is 12.3 Å². The van der Waals surface area contributed by atoms with E-state index in [1.165, 1.54) is 12.1 Å². The van der Waals surface area contributed by atoms with Crippen LogP contribution < -0.4 is 15.4 Å². The van der Waals surface area contributed by atoms with Gasteiger partial charge >= 0.3 is 0 Å². The van der Waals surface area contributed by atoms with Crippen LogP contribution in [0.5, 0.6) is 11.5 Å². The molecule has 124 valence electrons. The molecular formula is C18H18N2O3S. The van der Waals surface area contributed by atoms with Crippen LogP contribution in [-0.4, -0.2) is 22.7 Å². The number of hydrogen-bond donors (Lipinski definition) is 3. The first-order chi connectivity index (χ1) is 11.6. The number of thiocarbonyl (C=S) groups is 1. The molecule has 0 radical (unpaired) electrons. The van der Waals surface area contributed by atoms with Crippen LogP contribution in [0, 0.1) is 0 Å². The van der Waals surface area contributed by atoms with Gasteiger partial charge in [0.2, 0.25) is 5.91 Å². The molecule has 1 amide bonds. The van der Waals surface area contributed by atoms with Crippen molar-refractivity contribution in [1.29, 1.82) is 0 Å². The van der Waals surface area contributed by atoms with Crippen LogP contribution in [0.1, 0.15) is 12.5 Å². The number of para-hydroxylation sites is 2. The van der Waals surface area contributed by atoms with Crippen molar-refractivity contribution in [2.24, 2.45) is 0 Å². The lowest BCUT2D eigenvalue weighted by Gasteiger charge is -2.09. The molecule has 5 nitrogen and oxygen atoms in total. The number of carbonyl (C=O) groups is 1. The lowest BCUT2D eigenvalue weighted by Crippen LogP contribution is -2.32. The number of anilines is 1. The molecule has 0 bridgehead atoms. The molecule has 0 aliphatic heterocycles. The molecule has 0 unspecified atom stereocenters. The molecule has 6 heteroatoms. The number of carbonyl (C=O) groups excluding carboxylic acids is 1. The van der Waals surface area contributed by atoms with E-state index in [4.69, 9.17) is 17.0 Å². The summed E-state index contributed by atoms with van der Waals surface area (Å²) in [5.74, 6) is 0.475. The molecule has 0 saturated heterocycles. The first-order valence-corrected chi connectivity index (χ1v) is 7.80. The third-order valence-electron chi connectivity index (χ3n) is 3.01. The van der Waals surface area contributed by atoms with E-state index in [9.17, 15) is 9.90 Å². The maximum absolute atomic E-state index is 11.9. The Morgan fingerprint density at radius 2 is 1.92 bits per heavy atom. The fourth-order valence-corrected chi connectivity index (χ4v) is 2.11. The second kappa shape index (κ2) is 8.69. The second-order valence-electron chi connectivity index (χ2n) is 4.80. The third kappa shape index (κ3) is 5.40. The molecule has 2 aromatic carbocycles. The summed E-state index contributed by atoms with van der Waals surface area (Å²) < 4.78 is 5.36. The van der Waals surface area contributed by atoms with E-state index in [1.54, 1.807) is 24.3 Å².